The summed E-state index contributed by atoms with van der Waals surface area (Å²) in [7, 11) is 0. The van der Waals surface area contributed by atoms with Crippen molar-refractivity contribution < 1.29 is 14.3 Å². The maximum Gasteiger partial charge on any atom is 0.325 e. The number of hydrogen-bond donors (Lipinski definition) is 0. The van der Waals surface area contributed by atoms with E-state index in [9.17, 15) is 9.59 Å². The van der Waals surface area contributed by atoms with Gasteiger partial charge in [-0.25, -0.2) is 0 Å². The normalized spacial score (nSPS) is 13.7. The van der Waals surface area contributed by atoms with Gasteiger partial charge in [-0.3, -0.25) is 9.59 Å². The van der Waals surface area contributed by atoms with Crippen LogP contribution in [-0.4, -0.2) is 41.7 Å². The molecule has 0 spiro atoms. The Morgan fingerprint density at radius 3 is 2.55 bits per heavy atom. The van der Waals surface area contributed by atoms with Crippen LogP contribution >= 0.6 is 11.8 Å². The number of nitrogens with zero attached hydrogens (tertiary/aromatic N) is 1. The van der Waals surface area contributed by atoms with Gasteiger partial charge in [0.05, 0.1) is 12.4 Å². The fraction of sp³-hybridized carbons (Fsp3) is 0.529. The highest BCUT2D eigenvalue weighted by molar-refractivity contribution is 7.99. The van der Waals surface area contributed by atoms with Gasteiger partial charge in [0.15, 0.2) is 0 Å². The van der Waals surface area contributed by atoms with Crippen molar-refractivity contribution in [1.29, 1.82) is 0 Å². The van der Waals surface area contributed by atoms with Crippen molar-refractivity contribution >= 4 is 23.6 Å². The molecule has 120 valence electrons. The largest absolute Gasteiger partial charge is 0.465 e. The van der Waals surface area contributed by atoms with Crippen LogP contribution in [0.5, 0.6) is 0 Å². The number of hydrogen-bond acceptors (Lipinski definition) is 4. The molecule has 1 amide bonds. The third kappa shape index (κ3) is 5.37. The van der Waals surface area contributed by atoms with Gasteiger partial charge < -0.3 is 9.64 Å². The molecule has 0 aromatic heterocycles. The highest BCUT2D eigenvalue weighted by Gasteiger charge is 2.33. The number of amides is 1. The van der Waals surface area contributed by atoms with Crippen molar-refractivity contribution in [2.75, 3.05) is 18.9 Å². The number of carbonyl (C=O) groups is 2. The summed E-state index contributed by atoms with van der Waals surface area (Å²) in [6, 6.07) is 8.56. The number of ether oxygens (including phenoxy) is 1. The third-order valence-corrected chi connectivity index (χ3v) is 4.52. The van der Waals surface area contributed by atoms with Crippen LogP contribution in [0.25, 0.3) is 0 Å². The predicted octanol–water partition coefficient (Wildman–Crippen LogP) is 2.78. The SMILES string of the molecule is CCOC(=O)CN(C(=O)CSCc1ccc(C)cc1)C1CC1. The molecule has 2 rings (SSSR count). The number of carbonyl (C=O) groups excluding carboxylic acids is 2. The van der Waals surface area contributed by atoms with E-state index in [0.717, 1.165) is 18.6 Å². The highest BCUT2D eigenvalue weighted by Crippen LogP contribution is 2.27. The lowest BCUT2D eigenvalue weighted by Crippen LogP contribution is -2.39. The topological polar surface area (TPSA) is 46.6 Å². The van der Waals surface area contributed by atoms with Crippen LogP contribution in [0, 0.1) is 6.92 Å². The van der Waals surface area contributed by atoms with E-state index in [4.69, 9.17) is 4.74 Å². The molecule has 0 saturated heterocycles. The van der Waals surface area contributed by atoms with E-state index in [1.54, 1.807) is 23.6 Å². The van der Waals surface area contributed by atoms with Crippen LogP contribution in [0.3, 0.4) is 0 Å². The number of rotatable bonds is 8. The average Bonchev–Trinajstić information content (AvgIpc) is 3.31. The summed E-state index contributed by atoms with van der Waals surface area (Å²) in [5.74, 6) is 0.937. The average molecular weight is 321 g/mol. The lowest BCUT2D eigenvalue weighted by atomic mass is 10.2. The Hall–Kier alpha value is -1.49. The lowest BCUT2D eigenvalue weighted by molar-refractivity contribution is -0.148. The fourth-order valence-electron chi connectivity index (χ4n) is 2.18. The second kappa shape index (κ2) is 8.22. The molecule has 1 saturated carbocycles. The molecule has 4 nitrogen and oxygen atoms in total. The lowest BCUT2D eigenvalue weighted by Gasteiger charge is -2.21. The van der Waals surface area contributed by atoms with Crippen LogP contribution in [-0.2, 0) is 20.1 Å². The molecule has 22 heavy (non-hydrogen) atoms. The van der Waals surface area contributed by atoms with Gasteiger partial charge in [-0.1, -0.05) is 29.8 Å². The first-order valence-corrected chi connectivity index (χ1v) is 8.84. The molecule has 1 aliphatic rings. The summed E-state index contributed by atoms with van der Waals surface area (Å²) in [5.41, 5.74) is 2.45. The van der Waals surface area contributed by atoms with Crippen LogP contribution < -0.4 is 0 Å². The van der Waals surface area contributed by atoms with E-state index in [0.29, 0.717) is 12.4 Å². The highest BCUT2D eigenvalue weighted by atomic mass is 32.2. The molecular weight excluding hydrogens is 298 g/mol. The maximum absolute atomic E-state index is 12.3. The molecule has 1 fully saturated rings. The van der Waals surface area contributed by atoms with Crippen molar-refractivity contribution in [3.05, 3.63) is 35.4 Å². The standard InChI is InChI=1S/C17H23NO3S/c1-3-21-17(20)10-18(15-8-9-15)16(19)12-22-11-14-6-4-13(2)5-7-14/h4-7,15H,3,8-12H2,1-2H3. The van der Waals surface area contributed by atoms with Crippen molar-refractivity contribution in [3.8, 4) is 0 Å². The predicted molar refractivity (Wildman–Crippen MR) is 88.7 cm³/mol. The smallest absolute Gasteiger partial charge is 0.325 e. The summed E-state index contributed by atoms with van der Waals surface area (Å²) in [4.78, 5) is 25.6. The monoisotopic (exact) mass is 321 g/mol. The minimum atomic E-state index is -0.314. The van der Waals surface area contributed by atoms with Gasteiger partial charge >= 0.3 is 5.97 Å². The summed E-state index contributed by atoms with van der Waals surface area (Å²) in [5, 5.41) is 0. The minimum absolute atomic E-state index is 0.0349. The van der Waals surface area contributed by atoms with Gasteiger partial charge in [-0.2, -0.15) is 0 Å². The van der Waals surface area contributed by atoms with Gasteiger partial charge in [-0.15, -0.1) is 11.8 Å². The molecule has 0 N–H and O–H groups in total. The molecule has 0 unspecified atom stereocenters. The molecule has 1 aromatic rings. The number of aryl methyl sites for hydroxylation is 1. The maximum atomic E-state index is 12.3. The molecule has 0 heterocycles. The van der Waals surface area contributed by atoms with Crippen LogP contribution in [0.1, 0.15) is 30.9 Å². The van der Waals surface area contributed by atoms with Crippen molar-refractivity contribution in [3.63, 3.8) is 0 Å². The minimum Gasteiger partial charge on any atom is -0.465 e. The zero-order chi connectivity index (χ0) is 15.9. The van der Waals surface area contributed by atoms with E-state index in [2.05, 4.69) is 31.2 Å². The van der Waals surface area contributed by atoms with E-state index < -0.39 is 0 Å². The first kappa shape index (κ1) is 16.9. The second-order valence-electron chi connectivity index (χ2n) is 5.54. The Morgan fingerprint density at radius 1 is 1.27 bits per heavy atom. The molecule has 5 heteroatoms. The Kier molecular flexibility index (Phi) is 6.31. The van der Waals surface area contributed by atoms with E-state index >= 15 is 0 Å². The van der Waals surface area contributed by atoms with Gasteiger partial charge in [0.1, 0.15) is 6.54 Å². The summed E-state index contributed by atoms with van der Waals surface area (Å²) < 4.78 is 4.95. The molecule has 0 aliphatic heterocycles. The molecule has 1 aliphatic carbocycles. The van der Waals surface area contributed by atoms with Gasteiger partial charge in [0.2, 0.25) is 5.91 Å². The van der Waals surface area contributed by atoms with Gasteiger partial charge in [-0.05, 0) is 32.3 Å². The number of esters is 1. The van der Waals surface area contributed by atoms with Crippen LogP contribution in [0.2, 0.25) is 0 Å². The Bertz CT molecular complexity index is 511. The van der Waals surface area contributed by atoms with Gasteiger partial charge in [0, 0.05) is 11.8 Å². The van der Waals surface area contributed by atoms with Crippen LogP contribution in [0.15, 0.2) is 24.3 Å². The fourth-order valence-corrected chi connectivity index (χ4v) is 3.05. The van der Waals surface area contributed by atoms with E-state index in [1.165, 1.54) is 11.1 Å². The molecule has 0 bridgehead atoms. The Labute approximate surface area is 136 Å². The molecule has 0 atom stereocenters. The van der Waals surface area contributed by atoms with E-state index in [1.807, 2.05) is 0 Å². The summed E-state index contributed by atoms with van der Waals surface area (Å²) in [6.45, 7) is 4.28. The third-order valence-electron chi connectivity index (χ3n) is 3.53. The quantitative estimate of drug-likeness (QED) is 0.691. The van der Waals surface area contributed by atoms with E-state index in [-0.39, 0.29) is 24.5 Å². The first-order chi connectivity index (χ1) is 10.6. The zero-order valence-corrected chi connectivity index (χ0v) is 14.0. The Morgan fingerprint density at radius 2 is 1.95 bits per heavy atom. The molecular formula is C17H23NO3S. The van der Waals surface area contributed by atoms with Crippen molar-refractivity contribution in [2.45, 2.75) is 38.5 Å². The summed E-state index contributed by atoms with van der Waals surface area (Å²) in [6.07, 6.45) is 1.99. The van der Waals surface area contributed by atoms with Gasteiger partial charge in [0.25, 0.3) is 0 Å². The number of thioether (sulfide) groups is 1. The molecule has 1 aromatic carbocycles. The number of benzene rings is 1. The van der Waals surface area contributed by atoms with Crippen molar-refractivity contribution in [1.82, 2.24) is 4.90 Å². The first-order valence-electron chi connectivity index (χ1n) is 7.68. The van der Waals surface area contributed by atoms with Crippen molar-refractivity contribution in [2.24, 2.45) is 0 Å². The Balaban J connectivity index is 1.78. The zero-order valence-electron chi connectivity index (χ0n) is 13.2. The van der Waals surface area contributed by atoms with Crippen LogP contribution in [0.4, 0.5) is 0 Å². The second-order valence-corrected chi connectivity index (χ2v) is 6.52. The summed E-state index contributed by atoms with van der Waals surface area (Å²) >= 11 is 1.59. The molecule has 0 radical (unpaired) electrons.